The Morgan fingerprint density at radius 3 is 2.42 bits per heavy atom. The molecule has 2 rings (SSSR count). The first-order chi connectivity index (χ1) is 11.6. The van der Waals surface area contributed by atoms with Crippen molar-refractivity contribution in [2.24, 2.45) is 5.92 Å². The fourth-order valence-electron chi connectivity index (χ4n) is 3.50. The molecule has 0 aliphatic carbocycles. The molecule has 1 aromatic rings. The Labute approximate surface area is 146 Å². The van der Waals surface area contributed by atoms with E-state index in [9.17, 15) is 9.50 Å². The first-order valence-electron chi connectivity index (χ1n) is 9.45. The van der Waals surface area contributed by atoms with E-state index in [1.54, 1.807) is 12.1 Å². The van der Waals surface area contributed by atoms with Gasteiger partial charge in [-0.25, -0.2) is 4.39 Å². The van der Waals surface area contributed by atoms with Crippen LogP contribution in [-0.2, 0) is 0 Å². The Kier molecular flexibility index (Phi) is 8.16. The van der Waals surface area contributed by atoms with Crippen LogP contribution in [0.15, 0.2) is 24.3 Å². The minimum Gasteiger partial charge on any atom is -0.387 e. The third-order valence-electron chi connectivity index (χ3n) is 4.82. The zero-order valence-corrected chi connectivity index (χ0v) is 15.2. The van der Waals surface area contributed by atoms with Crippen LogP contribution in [0.25, 0.3) is 0 Å². The van der Waals surface area contributed by atoms with Crippen LogP contribution in [0.4, 0.5) is 4.39 Å². The van der Waals surface area contributed by atoms with Gasteiger partial charge in [-0.15, -0.1) is 0 Å². The van der Waals surface area contributed by atoms with E-state index in [-0.39, 0.29) is 11.9 Å². The van der Waals surface area contributed by atoms with Gasteiger partial charge in [-0.05, 0) is 75.5 Å². The molecule has 0 spiro atoms. The zero-order valence-electron chi connectivity index (χ0n) is 15.2. The zero-order chi connectivity index (χ0) is 17.4. The van der Waals surface area contributed by atoms with Gasteiger partial charge < -0.3 is 15.3 Å². The SMILES string of the molecule is CC(C)CC(NCCCN1CCCCC1)C(O)c1ccc(F)cc1. The lowest BCUT2D eigenvalue weighted by atomic mass is 9.94. The summed E-state index contributed by atoms with van der Waals surface area (Å²) in [6, 6.07) is 6.21. The number of aliphatic hydroxyl groups is 1. The van der Waals surface area contributed by atoms with Crippen molar-refractivity contribution in [2.45, 2.75) is 58.1 Å². The van der Waals surface area contributed by atoms with Crippen molar-refractivity contribution in [3.63, 3.8) is 0 Å². The van der Waals surface area contributed by atoms with Gasteiger partial charge in [-0.3, -0.25) is 0 Å². The lowest BCUT2D eigenvalue weighted by Gasteiger charge is -2.28. The summed E-state index contributed by atoms with van der Waals surface area (Å²) in [5.74, 6) is 0.237. The maximum Gasteiger partial charge on any atom is 0.123 e. The van der Waals surface area contributed by atoms with Crippen LogP contribution in [-0.4, -0.2) is 42.2 Å². The van der Waals surface area contributed by atoms with Crippen LogP contribution < -0.4 is 5.32 Å². The summed E-state index contributed by atoms with van der Waals surface area (Å²) in [5, 5.41) is 14.2. The van der Waals surface area contributed by atoms with Crippen molar-refractivity contribution in [1.82, 2.24) is 10.2 Å². The Bertz CT molecular complexity index is 457. The molecule has 1 heterocycles. The highest BCUT2D eigenvalue weighted by Gasteiger charge is 2.21. The van der Waals surface area contributed by atoms with Crippen LogP contribution in [0.5, 0.6) is 0 Å². The van der Waals surface area contributed by atoms with Crippen molar-refractivity contribution < 1.29 is 9.50 Å². The van der Waals surface area contributed by atoms with Gasteiger partial charge in [-0.2, -0.15) is 0 Å². The standard InChI is InChI=1S/C20H33FN2O/c1-16(2)15-19(20(24)17-7-9-18(21)10-8-17)22-11-6-14-23-12-4-3-5-13-23/h7-10,16,19-20,22,24H,3-6,11-15H2,1-2H3. The highest BCUT2D eigenvalue weighted by molar-refractivity contribution is 5.20. The topological polar surface area (TPSA) is 35.5 Å². The molecule has 2 atom stereocenters. The summed E-state index contributed by atoms with van der Waals surface area (Å²) in [7, 11) is 0. The van der Waals surface area contributed by atoms with Gasteiger partial charge in [0.1, 0.15) is 5.82 Å². The lowest BCUT2D eigenvalue weighted by molar-refractivity contribution is 0.115. The molecule has 3 nitrogen and oxygen atoms in total. The third kappa shape index (κ3) is 6.50. The van der Waals surface area contributed by atoms with Gasteiger partial charge in [0, 0.05) is 6.04 Å². The van der Waals surface area contributed by atoms with Gasteiger partial charge in [0.15, 0.2) is 0 Å². The van der Waals surface area contributed by atoms with Crippen molar-refractivity contribution in [3.05, 3.63) is 35.6 Å². The predicted molar refractivity (Wildman–Crippen MR) is 97.5 cm³/mol. The number of rotatable bonds is 9. The average Bonchev–Trinajstić information content (AvgIpc) is 2.58. The second-order valence-electron chi connectivity index (χ2n) is 7.44. The molecule has 0 bridgehead atoms. The van der Waals surface area contributed by atoms with E-state index in [1.165, 1.54) is 44.5 Å². The van der Waals surface area contributed by atoms with Crippen molar-refractivity contribution in [2.75, 3.05) is 26.2 Å². The van der Waals surface area contributed by atoms with Crippen LogP contribution in [0, 0.1) is 11.7 Å². The molecule has 0 saturated carbocycles. The summed E-state index contributed by atoms with van der Waals surface area (Å²) < 4.78 is 13.1. The molecule has 1 aliphatic rings. The first-order valence-corrected chi connectivity index (χ1v) is 9.45. The Hall–Kier alpha value is -0.970. The summed E-state index contributed by atoms with van der Waals surface area (Å²) in [6.45, 7) is 8.83. The van der Waals surface area contributed by atoms with Gasteiger partial charge >= 0.3 is 0 Å². The average molecular weight is 336 g/mol. The normalized spacial score (nSPS) is 18.7. The van der Waals surface area contributed by atoms with Gasteiger partial charge in [0.25, 0.3) is 0 Å². The van der Waals surface area contributed by atoms with Crippen LogP contribution in [0.3, 0.4) is 0 Å². The minimum atomic E-state index is -0.594. The summed E-state index contributed by atoms with van der Waals surface area (Å²) in [6.07, 6.45) is 5.43. The van der Waals surface area contributed by atoms with Crippen molar-refractivity contribution >= 4 is 0 Å². The smallest absolute Gasteiger partial charge is 0.123 e. The molecular formula is C20H33FN2O. The molecule has 0 radical (unpaired) electrons. The number of nitrogens with zero attached hydrogens (tertiary/aromatic N) is 1. The van der Waals surface area contributed by atoms with Crippen LogP contribution >= 0.6 is 0 Å². The Balaban J connectivity index is 1.81. The molecule has 1 aromatic carbocycles. The molecule has 0 amide bonds. The molecule has 136 valence electrons. The lowest BCUT2D eigenvalue weighted by Crippen LogP contribution is -2.38. The number of piperidine rings is 1. The molecule has 24 heavy (non-hydrogen) atoms. The number of likely N-dealkylation sites (tertiary alicyclic amines) is 1. The fraction of sp³-hybridized carbons (Fsp3) is 0.700. The number of benzene rings is 1. The molecule has 2 unspecified atom stereocenters. The number of hydrogen-bond donors (Lipinski definition) is 2. The Morgan fingerprint density at radius 1 is 1.12 bits per heavy atom. The Morgan fingerprint density at radius 2 is 1.79 bits per heavy atom. The van der Waals surface area contributed by atoms with E-state index in [2.05, 4.69) is 24.1 Å². The maximum absolute atomic E-state index is 13.1. The van der Waals surface area contributed by atoms with E-state index >= 15 is 0 Å². The first kappa shape index (κ1) is 19.4. The number of hydrogen-bond acceptors (Lipinski definition) is 3. The molecule has 1 fully saturated rings. The maximum atomic E-state index is 13.1. The molecule has 1 saturated heterocycles. The summed E-state index contributed by atoms with van der Waals surface area (Å²) >= 11 is 0. The molecular weight excluding hydrogens is 303 g/mol. The number of halogens is 1. The van der Waals surface area contributed by atoms with E-state index < -0.39 is 6.10 Å². The summed E-state index contributed by atoms with van der Waals surface area (Å²) in [4.78, 5) is 2.54. The van der Waals surface area contributed by atoms with Gasteiger partial charge in [0.05, 0.1) is 6.10 Å². The van der Waals surface area contributed by atoms with Gasteiger partial charge in [-0.1, -0.05) is 32.4 Å². The van der Waals surface area contributed by atoms with Crippen molar-refractivity contribution in [1.29, 1.82) is 0 Å². The van der Waals surface area contributed by atoms with E-state index in [0.717, 1.165) is 31.5 Å². The second-order valence-corrected chi connectivity index (χ2v) is 7.44. The molecule has 2 N–H and O–H groups in total. The summed E-state index contributed by atoms with van der Waals surface area (Å²) in [5.41, 5.74) is 0.783. The third-order valence-corrected chi connectivity index (χ3v) is 4.82. The molecule has 1 aliphatic heterocycles. The van der Waals surface area contributed by atoms with E-state index in [0.29, 0.717) is 5.92 Å². The van der Waals surface area contributed by atoms with Gasteiger partial charge in [0.2, 0.25) is 0 Å². The minimum absolute atomic E-state index is 0.0109. The van der Waals surface area contributed by atoms with Crippen molar-refractivity contribution in [3.8, 4) is 0 Å². The monoisotopic (exact) mass is 336 g/mol. The quantitative estimate of drug-likeness (QED) is 0.674. The van der Waals surface area contributed by atoms with Crippen LogP contribution in [0.1, 0.15) is 57.6 Å². The van der Waals surface area contributed by atoms with E-state index in [1.807, 2.05) is 0 Å². The van der Waals surface area contributed by atoms with Crippen LogP contribution in [0.2, 0.25) is 0 Å². The number of aliphatic hydroxyl groups excluding tert-OH is 1. The second kappa shape index (κ2) is 10.1. The predicted octanol–water partition coefficient (Wildman–Crippen LogP) is 3.74. The highest BCUT2D eigenvalue weighted by atomic mass is 19.1. The van der Waals surface area contributed by atoms with E-state index in [4.69, 9.17) is 0 Å². The highest BCUT2D eigenvalue weighted by Crippen LogP contribution is 2.22. The molecule has 4 heteroatoms. The fourth-order valence-corrected chi connectivity index (χ4v) is 3.50. The largest absolute Gasteiger partial charge is 0.387 e. The number of nitrogens with one attached hydrogen (secondary N) is 1. The molecule has 0 aromatic heterocycles.